The summed E-state index contributed by atoms with van der Waals surface area (Å²) in [6, 6.07) is 0. The lowest BCUT2D eigenvalue weighted by Crippen LogP contribution is -2.30. The predicted octanol–water partition coefficient (Wildman–Crippen LogP) is 19.1. The highest BCUT2D eigenvalue weighted by atomic mass is 16.6. The van der Waals surface area contributed by atoms with Gasteiger partial charge in [-0.2, -0.15) is 0 Å². The summed E-state index contributed by atoms with van der Waals surface area (Å²) in [5, 5.41) is 0. The molecule has 0 amide bonds. The fraction of sp³-hybridized carbons (Fsp3) is 0.667. The van der Waals surface area contributed by atoms with Crippen LogP contribution in [0.4, 0.5) is 0 Å². The van der Waals surface area contributed by atoms with Crippen molar-refractivity contribution in [1.82, 2.24) is 0 Å². The summed E-state index contributed by atoms with van der Waals surface area (Å²) in [6.45, 7) is 6.41. The van der Waals surface area contributed by atoms with Crippen molar-refractivity contribution in [3.63, 3.8) is 0 Å². The van der Waals surface area contributed by atoms with E-state index >= 15 is 0 Å². The average Bonchev–Trinajstić information content (AvgIpc) is 3.35. The molecule has 0 unspecified atom stereocenters. The first-order valence-corrected chi connectivity index (χ1v) is 28.4. The quantitative estimate of drug-likeness (QED) is 0.0262. The van der Waals surface area contributed by atoms with Crippen LogP contribution in [0.1, 0.15) is 252 Å². The van der Waals surface area contributed by atoms with E-state index in [0.717, 1.165) is 109 Å². The lowest BCUT2D eigenvalue weighted by Gasteiger charge is -2.18. The molecular weight excluding hydrogens is 853 g/mol. The standard InChI is InChI=1S/C63H104O6/c1-4-7-10-13-16-19-22-25-28-30-31-33-35-38-41-44-47-50-53-56-62(65)68-59-60(58-67-61(64)55-52-49-46-43-40-37-34-27-24-21-18-15-12-9-6-3)69-63(66)57-54-51-48-45-42-39-36-32-29-26-23-20-17-14-11-8-5-2/h8,11,16-21,25-29,34,36,39,45,48,60H,4-7,9-10,12-15,22-24,30-33,35,37-38,40-44,46-47,49-59H2,1-3H3/b11-8+,19-16+,20-17+,21-18+,28-25+,29-26+,34-27+,39-36+,48-45+/t60-/m1/s1. The second-order valence-electron chi connectivity index (χ2n) is 18.5. The van der Waals surface area contributed by atoms with Gasteiger partial charge in [0, 0.05) is 19.3 Å². The van der Waals surface area contributed by atoms with E-state index in [-0.39, 0.29) is 37.5 Å². The van der Waals surface area contributed by atoms with E-state index in [1.165, 1.54) is 96.3 Å². The van der Waals surface area contributed by atoms with Gasteiger partial charge in [0.25, 0.3) is 0 Å². The van der Waals surface area contributed by atoms with Gasteiger partial charge in [0.1, 0.15) is 13.2 Å². The van der Waals surface area contributed by atoms with Crippen molar-refractivity contribution < 1.29 is 28.6 Å². The summed E-state index contributed by atoms with van der Waals surface area (Å²) < 4.78 is 16.8. The molecule has 0 aliphatic heterocycles. The number of hydrogen-bond donors (Lipinski definition) is 0. The summed E-state index contributed by atoms with van der Waals surface area (Å²) in [5.74, 6) is -0.986. The molecule has 0 heterocycles. The molecule has 0 spiro atoms. The molecule has 69 heavy (non-hydrogen) atoms. The van der Waals surface area contributed by atoms with E-state index < -0.39 is 6.10 Å². The zero-order valence-electron chi connectivity index (χ0n) is 44.8. The van der Waals surface area contributed by atoms with Crippen molar-refractivity contribution in [3.8, 4) is 0 Å². The molecule has 0 bridgehead atoms. The highest BCUT2D eigenvalue weighted by Gasteiger charge is 2.19. The third-order valence-corrected chi connectivity index (χ3v) is 11.7. The van der Waals surface area contributed by atoms with Crippen LogP contribution < -0.4 is 0 Å². The minimum absolute atomic E-state index is 0.109. The van der Waals surface area contributed by atoms with Gasteiger partial charge in [0.2, 0.25) is 0 Å². The van der Waals surface area contributed by atoms with Gasteiger partial charge >= 0.3 is 17.9 Å². The van der Waals surface area contributed by atoms with Crippen molar-refractivity contribution in [2.75, 3.05) is 13.2 Å². The van der Waals surface area contributed by atoms with E-state index in [4.69, 9.17) is 14.2 Å². The van der Waals surface area contributed by atoms with Crippen LogP contribution in [0.25, 0.3) is 0 Å². The monoisotopic (exact) mass is 957 g/mol. The Hall–Kier alpha value is -3.93. The number of hydrogen-bond acceptors (Lipinski definition) is 6. The first-order chi connectivity index (χ1) is 34.0. The number of carbonyl (C=O) groups is 3. The predicted molar refractivity (Wildman–Crippen MR) is 297 cm³/mol. The first-order valence-electron chi connectivity index (χ1n) is 28.4. The molecular formula is C63H104O6. The van der Waals surface area contributed by atoms with Gasteiger partial charge in [-0.25, -0.2) is 0 Å². The van der Waals surface area contributed by atoms with Crippen LogP contribution in [-0.2, 0) is 28.6 Å². The molecule has 6 nitrogen and oxygen atoms in total. The molecule has 0 saturated heterocycles. The van der Waals surface area contributed by atoms with Crippen LogP contribution in [0.5, 0.6) is 0 Å². The number of esters is 3. The summed E-state index contributed by atoms with van der Waals surface area (Å²) in [4.78, 5) is 38.1. The van der Waals surface area contributed by atoms with E-state index in [2.05, 4.69) is 130 Å². The van der Waals surface area contributed by atoms with Crippen molar-refractivity contribution in [1.29, 1.82) is 0 Å². The first kappa shape index (κ1) is 65.1. The van der Waals surface area contributed by atoms with Gasteiger partial charge in [0.05, 0.1) is 0 Å². The summed E-state index contributed by atoms with van der Waals surface area (Å²) >= 11 is 0. The highest BCUT2D eigenvalue weighted by Crippen LogP contribution is 2.14. The van der Waals surface area contributed by atoms with Crippen molar-refractivity contribution in [2.45, 2.75) is 258 Å². The molecule has 0 aromatic carbocycles. The number of rotatable bonds is 50. The maximum atomic E-state index is 12.8. The van der Waals surface area contributed by atoms with Crippen molar-refractivity contribution in [2.24, 2.45) is 0 Å². The second kappa shape index (κ2) is 56.7. The molecule has 0 aromatic rings. The Morgan fingerprint density at radius 1 is 0.304 bits per heavy atom. The lowest BCUT2D eigenvalue weighted by atomic mass is 10.1. The Bertz CT molecular complexity index is 1420. The Labute approximate surface area is 425 Å². The van der Waals surface area contributed by atoms with Crippen LogP contribution in [-0.4, -0.2) is 37.2 Å². The van der Waals surface area contributed by atoms with Crippen LogP contribution in [0.2, 0.25) is 0 Å². The van der Waals surface area contributed by atoms with Gasteiger partial charge < -0.3 is 14.2 Å². The molecule has 0 aliphatic carbocycles. The van der Waals surface area contributed by atoms with Gasteiger partial charge in [0.15, 0.2) is 6.10 Å². The van der Waals surface area contributed by atoms with Gasteiger partial charge in [-0.15, -0.1) is 0 Å². The average molecular weight is 958 g/mol. The van der Waals surface area contributed by atoms with Crippen LogP contribution >= 0.6 is 0 Å². The largest absolute Gasteiger partial charge is 0.462 e. The van der Waals surface area contributed by atoms with Gasteiger partial charge in [-0.05, 0) is 122 Å². The fourth-order valence-electron chi connectivity index (χ4n) is 7.48. The molecule has 392 valence electrons. The fourth-order valence-corrected chi connectivity index (χ4v) is 7.48. The highest BCUT2D eigenvalue weighted by molar-refractivity contribution is 5.71. The van der Waals surface area contributed by atoms with Crippen molar-refractivity contribution >= 4 is 17.9 Å². The SMILES string of the molecule is CC/C=C/C/C=C/C/C=C/C/C=C/C/C=C/CCCC(=O)O[C@H](COC(=O)CCCCCCC/C=C/C/C=C/CCCCC)COC(=O)CCCCCCCCCCC/C=C/C/C=C/CCCCC. The maximum Gasteiger partial charge on any atom is 0.306 e. The summed E-state index contributed by atoms with van der Waals surface area (Å²) in [7, 11) is 0. The van der Waals surface area contributed by atoms with Crippen LogP contribution in [0, 0.1) is 0 Å². The minimum Gasteiger partial charge on any atom is -0.462 e. The van der Waals surface area contributed by atoms with E-state index in [1.54, 1.807) is 0 Å². The van der Waals surface area contributed by atoms with E-state index in [0.29, 0.717) is 19.3 Å². The summed E-state index contributed by atoms with van der Waals surface area (Å²) in [5.41, 5.74) is 0. The Kier molecular flexibility index (Phi) is 53.4. The molecule has 1 atom stereocenters. The summed E-state index contributed by atoms with van der Waals surface area (Å²) in [6.07, 6.45) is 76.5. The lowest BCUT2D eigenvalue weighted by molar-refractivity contribution is -0.167. The zero-order chi connectivity index (χ0) is 50.0. The second-order valence-corrected chi connectivity index (χ2v) is 18.5. The Morgan fingerprint density at radius 3 is 0.928 bits per heavy atom. The zero-order valence-corrected chi connectivity index (χ0v) is 44.8. The van der Waals surface area contributed by atoms with Gasteiger partial charge in [-0.1, -0.05) is 220 Å². The molecule has 6 heteroatoms. The minimum atomic E-state index is -0.818. The molecule has 0 aromatic heterocycles. The normalized spacial score (nSPS) is 12.9. The third kappa shape index (κ3) is 54.9. The Balaban J connectivity index is 4.50. The molecule has 0 fully saturated rings. The third-order valence-electron chi connectivity index (χ3n) is 11.7. The number of allylic oxidation sites excluding steroid dienone is 18. The molecule has 0 radical (unpaired) electrons. The Morgan fingerprint density at radius 2 is 0.580 bits per heavy atom. The van der Waals surface area contributed by atoms with Gasteiger partial charge in [-0.3, -0.25) is 14.4 Å². The molecule has 0 saturated carbocycles. The number of ether oxygens (including phenoxy) is 3. The van der Waals surface area contributed by atoms with Crippen LogP contribution in [0.15, 0.2) is 109 Å². The van der Waals surface area contributed by atoms with E-state index in [1.807, 2.05) is 0 Å². The maximum absolute atomic E-state index is 12.8. The molecule has 0 rings (SSSR count). The molecule has 0 aliphatic rings. The van der Waals surface area contributed by atoms with E-state index in [9.17, 15) is 14.4 Å². The molecule has 0 N–H and O–H groups in total. The van der Waals surface area contributed by atoms with Crippen LogP contribution in [0.3, 0.4) is 0 Å². The number of unbranched alkanes of at least 4 members (excludes halogenated alkanes) is 21. The number of carbonyl (C=O) groups excluding carboxylic acids is 3. The smallest absolute Gasteiger partial charge is 0.306 e. The topological polar surface area (TPSA) is 78.9 Å². The van der Waals surface area contributed by atoms with Crippen molar-refractivity contribution in [3.05, 3.63) is 109 Å².